The maximum Gasteiger partial charge on any atom is 0.248 e. The number of nitrogens with zero attached hydrogens (tertiary/aromatic N) is 2. The average molecular weight is 833 g/mol. The van der Waals surface area contributed by atoms with Crippen molar-refractivity contribution in [3.8, 4) is 44.5 Å². The van der Waals surface area contributed by atoms with E-state index in [4.69, 9.17) is 0 Å². The van der Waals surface area contributed by atoms with Gasteiger partial charge in [0.25, 0.3) is 0 Å². The van der Waals surface area contributed by atoms with Gasteiger partial charge in [-0.05, 0) is 136 Å². The molecule has 0 atom stereocenters. The van der Waals surface area contributed by atoms with Crippen molar-refractivity contribution in [3.05, 3.63) is 231 Å². The van der Waals surface area contributed by atoms with Gasteiger partial charge in [-0.25, -0.2) is 0 Å². The molecule has 0 saturated heterocycles. The van der Waals surface area contributed by atoms with Crippen LogP contribution in [0, 0.1) is 0 Å². The third kappa shape index (κ3) is 4.77. The first-order valence-electron chi connectivity index (χ1n) is 23.2. The van der Waals surface area contributed by atoms with E-state index in [-0.39, 0.29) is 13.4 Å². The summed E-state index contributed by atoms with van der Waals surface area (Å²) in [5.74, 6) is 0. The molecule has 302 valence electrons. The minimum atomic E-state index is 0.0236. The van der Waals surface area contributed by atoms with E-state index in [2.05, 4.69) is 240 Å². The number of hydrogen-bond acceptors (Lipinski definition) is 2. The molecular formula is C62H38B2N2. The first-order chi connectivity index (χ1) is 32.8. The van der Waals surface area contributed by atoms with Crippen LogP contribution in [0.4, 0.5) is 34.1 Å². The summed E-state index contributed by atoms with van der Waals surface area (Å²) >= 11 is 0. The van der Waals surface area contributed by atoms with Crippen molar-refractivity contribution < 1.29 is 0 Å². The van der Waals surface area contributed by atoms with Gasteiger partial charge in [0.15, 0.2) is 0 Å². The summed E-state index contributed by atoms with van der Waals surface area (Å²) in [7, 11) is 0. The number of fused-ring (bicyclic) bond motifs is 6. The van der Waals surface area contributed by atoms with Crippen LogP contribution in [0.1, 0.15) is 0 Å². The van der Waals surface area contributed by atoms with Gasteiger partial charge in [0.05, 0.1) is 0 Å². The first-order valence-corrected chi connectivity index (χ1v) is 23.2. The quantitative estimate of drug-likeness (QED) is 0.126. The fourth-order valence-corrected chi connectivity index (χ4v) is 12.5. The molecule has 0 aliphatic carbocycles. The minimum absolute atomic E-state index is 0.0236. The molecule has 0 amide bonds. The van der Waals surface area contributed by atoms with E-state index in [0.29, 0.717) is 0 Å². The zero-order valence-corrected chi connectivity index (χ0v) is 36.0. The summed E-state index contributed by atoms with van der Waals surface area (Å²) in [6.07, 6.45) is 0. The van der Waals surface area contributed by atoms with Crippen molar-refractivity contribution >= 4 is 102 Å². The van der Waals surface area contributed by atoms with E-state index in [1.807, 2.05) is 0 Å². The molecule has 0 unspecified atom stereocenters. The fourth-order valence-electron chi connectivity index (χ4n) is 12.5. The highest BCUT2D eigenvalue weighted by Gasteiger charge is 2.49. The largest absolute Gasteiger partial charge is 0.311 e. The molecule has 2 nitrogen and oxygen atoms in total. The lowest BCUT2D eigenvalue weighted by atomic mass is 9.26. The van der Waals surface area contributed by atoms with Crippen molar-refractivity contribution in [1.82, 2.24) is 0 Å². The molecule has 0 saturated carbocycles. The Morgan fingerprint density at radius 1 is 0.273 bits per heavy atom. The molecule has 0 radical (unpaired) electrons. The molecule has 15 rings (SSSR count). The fraction of sp³-hybridized carbons (Fsp3) is 0. The minimum Gasteiger partial charge on any atom is -0.311 e. The standard InChI is InChI=1S/C62H38B2N2/c1-5-19-39(20-6-1)41-35-36-44(40-21-7-2-8-22-40)47(37-41)56-45-27-17-31-50-57(45)59-58-46(56)28-18-32-51(58)64-49-30-14-16-34-53(49)66(43-25-11-4-12-26-43)55-38-54-61(60(59)62(55)64)63(50)48-29-13-15-33-52(48)65(54)42-23-9-3-10-24-42/h1-38H. The van der Waals surface area contributed by atoms with Crippen LogP contribution in [0.2, 0.25) is 0 Å². The van der Waals surface area contributed by atoms with Crippen molar-refractivity contribution in [3.63, 3.8) is 0 Å². The van der Waals surface area contributed by atoms with E-state index >= 15 is 0 Å². The van der Waals surface area contributed by atoms with Gasteiger partial charge in [-0.3, -0.25) is 0 Å². The van der Waals surface area contributed by atoms with Crippen molar-refractivity contribution in [2.75, 3.05) is 9.80 Å². The normalized spacial score (nSPS) is 13.3. The number of para-hydroxylation sites is 4. The molecule has 4 heteroatoms. The van der Waals surface area contributed by atoms with Gasteiger partial charge >= 0.3 is 0 Å². The molecule has 4 aliphatic heterocycles. The Balaban J connectivity index is 1.16. The van der Waals surface area contributed by atoms with Crippen LogP contribution in [0.15, 0.2) is 231 Å². The molecule has 11 aromatic carbocycles. The van der Waals surface area contributed by atoms with Crippen LogP contribution >= 0.6 is 0 Å². The Labute approximate surface area is 384 Å². The molecule has 0 aromatic heterocycles. The second kappa shape index (κ2) is 13.6. The summed E-state index contributed by atoms with van der Waals surface area (Å²) in [5, 5.41) is 5.36. The van der Waals surface area contributed by atoms with E-state index < -0.39 is 0 Å². The predicted octanol–water partition coefficient (Wildman–Crippen LogP) is 11.9. The molecule has 0 spiro atoms. The highest BCUT2D eigenvalue weighted by Crippen LogP contribution is 2.52. The number of hydrogen-bond donors (Lipinski definition) is 0. The summed E-state index contributed by atoms with van der Waals surface area (Å²) in [6.45, 7) is 0.0472. The van der Waals surface area contributed by atoms with Crippen LogP contribution in [-0.4, -0.2) is 13.4 Å². The number of anilines is 6. The van der Waals surface area contributed by atoms with Gasteiger partial charge in [0.1, 0.15) is 0 Å². The van der Waals surface area contributed by atoms with Crippen LogP contribution in [0.5, 0.6) is 0 Å². The predicted molar refractivity (Wildman–Crippen MR) is 282 cm³/mol. The molecular weight excluding hydrogens is 794 g/mol. The topological polar surface area (TPSA) is 6.48 Å². The van der Waals surface area contributed by atoms with Crippen LogP contribution < -0.4 is 42.6 Å². The molecule has 0 fully saturated rings. The van der Waals surface area contributed by atoms with E-state index in [1.165, 1.54) is 133 Å². The maximum atomic E-state index is 2.55. The number of benzene rings is 11. The van der Waals surface area contributed by atoms with Crippen molar-refractivity contribution in [1.29, 1.82) is 0 Å². The summed E-state index contributed by atoms with van der Waals surface area (Å²) in [5.41, 5.74) is 25.8. The van der Waals surface area contributed by atoms with Gasteiger partial charge < -0.3 is 9.80 Å². The molecule has 0 N–H and O–H groups in total. The monoisotopic (exact) mass is 832 g/mol. The zero-order chi connectivity index (χ0) is 43.0. The third-order valence-electron chi connectivity index (χ3n) is 15.0. The molecule has 4 heterocycles. The van der Waals surface area contributed by atoms with Gasteiger partial charge in [0.2, 0.25) is 13.4 Å². The maximum absolute atomic E-state index is 2.55. The first kappa shape index (κ1) is 36.1. The molecule has 11 aromatic rings. The van der Waals surface area contributed by atoms with E-state index in [9.17, 15) is 0 Å². The molecule has 4 aliphatic rings. The second-order valence-electron chi connectivity index (χ2n) is 18.2. The van der Waals surface area contributed by atoms with Crippen LogP contribution in [0.25, 0.3) is 66.1 Å². The average Bonchev–Trinajstić information content (AvgIpc) is 3.39. The third-order valence-corrected chi connectivity index (χ3v) is 15.0. The number of rotatable bonds is 5. The van der Waals surface area contributed by atoms with Gasteiger partial charge in [-0.1, -0.05) is 193 Å². The highest BCUT2D eigenvalue weighted by molar-refractivity contribution is 7.05. The van der Waals surface area contributed by atoms with Gasteiger partial charge in [-0.2, -0.15) is 0 Å². The molecule has 0 bridgehead atoms. The van der Waals surface area contributed by atoms with Gasteiger partial charge in [-0.15, -0.1) is 0 Å². The Morgan fingerprint density at radius 2 is 0.727 bits per heavy atom. The lowest BCUT2D eigenvalue weighted by Crippen LogP contribution is -2.66. The SMILES string of the molecule is c1ccc(-c2ccc(-c3ccccc3)c(-c3c4cccc5c4c4c6c(cccc36)B3c6ccccc6N(c6ccccc6)c6cc7c(c-4c63)B5c3ccccc3N7c3ccccc3)c2)cc1. The van der Waals surface area contributed by atoms with E-state index in [1.54, 1.807) is 0 Å². The smallest absolute Gasteiger partial charge is 0.248 e. The molecule has 66 heavy (non-hydrogen) atoms. The van der Waals surface area contributed by atoms with E-state index in [0.717, 1.165) is 0 Å². The summed E-state index contributed by atoms with van der Waals surface area (Å²) < 4.78 is 0. The Bertz CT molecular complexity index is 3650. The Hall–Kier alpha value is -8.33. The summed E-state index contributed by atoms with van der Waals surface area (Å²) in [6, 6.07) is 86.4. The zero-order valence-electron chi connectivity index (χ0n) is 36.0. The van der Waals surface area contributed by atoms with Crippen molar-refractivity contribution in [2.45, 2.75) is 0 Å². The second-order valence-corrected chi connectivity index (χ2v) is 18.2. The van der Waals surface area contributed by atoms with Crippen LogP contribution in [0.3, 0.4) is 0 Å². The summed E-state index contributed by atoms with van der Waals surface area (Å²) in [4.78, 5) is 5.10. The Kier molecular flexibility index (Phi) is 7.43. The Morgan fingerprint density at radius 3 is 1.26 bits per heavy atom. The van der Waals surface area contributed by atoms with Crippen LogP contribution in [-0.2, 0) is 0 Å². The van der Waals surface area contributed by atoms with Gasteiger partial charge in [0, 0.05) is 34.1 Å². The lowest BCUT2D eigenvalue weighted by Gasteiger charge is -2.47. The highest BCUT2D eigenvalue weighted by atomic mass is 15.2. The van der Waals surface area contributed by atoms with Crippen molar-refractivity contribution in [2.24, 2.45) is 0 Å². The lowest BCUT2D eigenvalue weighted by molar-refractivity contribution is 1.26.